The van der Waals surface area contributed by atoms with Crippen LogP contribution in [0.25, 0.3) is 6.08 Å². The van der Waals surface area contributed by atoms with Gasteiger partial charge in [-0.3, -0.25) is 14.6 Å². The highest BCUT2D eigenvalue weighted by Crippen LogP contribution is 2.34. The van der Waals surface area contributed by atoms with Gasteiger partial charge in [-0.05, 0) is 91.4 Å². The maximum atomic E-state index is 12.5. The maximum absolute atomic E-state index is 12.5. The van der Waals surface area contributed by atoms with Gasteiger partial charge in [0.05, 0.1) is 12.1 Å². The Labute approximate surface area is 272 Å². The van der Waals surface area contributed by atoms with E-state index in [0.29, 0.717) is 12.8 Å². The summed E-state index contributed by atoms with van der Waals surface area (Å²) in [7, 11) is 3.72. The molecule has 1 unspecified atom stereocenters. The maximum Gasteiger partial charge on any atom is 0.228 e. The SMILES string of the molecule is CCC(c1ccc(NC(=O)Cc2ccccc2)cc1C)c1ccnc(/C=C/C2=CCN(C)CC2)c1C.CCCCC.CNC=O. The van der Waals surface area contributed by atoms with Gasteiger partial charge in [-0.15, -0.1) is 0 Å². The van der Waals surface area contributed by atoms with E-state index in [1.54, 1.807) is 7.05 Å². The van der Waals surface area contributed by atoms with Gasteiger partial charge in [0.15, 0.2) is 0 Å². The third-order valence-corrected chi connectivity index (χ3v) is 7.93. The van der Waals surface area contributed by atoms with E-state index >= 15 is 0 Å². The number of aromatic nitrogens is 1. The molecule has 45 heavy (non-hydrogen) atoms. The molecule has 2 amide bonds. The van der Waals surface area contributed by atoms with E-state index in [-0.39, 0.29) is 11.8 Å². The number of nitrogens with one attached hydrogen (secondary N) is 2. The van der Waals surface area contributed by atoms with Gasteiger partial charge >= 0.3 is 0 Å². The number of hydrogen-bond donors (Lipinski definition) is 2. The Bertz CT molecular complexity index is 1380. The number of rotatable bonds is 11. The fourth-order valence-electron chi connectivity index (χ4n) is 5.33. The summed E-state index contributed by atoms with van der Waals surface area (Å²) in [6, 6.07) is 18.3. The van der Waals surface area contributed by atoms with E-state index in [4.69, 9.17) is 4.79 Å². The van der Waals surface area contributed by atoms with Crippen LogP contribution in [0.3, 0.4) is 0 Å². The molecule has 6 nitrogen and oxygen atoms in total. The van der Waals surface area contributed by atoms with Crippen LogP contribution in [0.4, 0.5) is 5.69 Å². The second-order valence-corrected chi connectivity index (χ2v) is 11.5. The van der Waals surface area contributed by atoms with E-state index in [0.717, 1.165) is 42.9 Å². The molecule has 6 heteroatoms. The van der Waals surface area contributed by atoms with Crippen molar-refractivity contribution in [2.24, 2.45) is 0 Å². The number of allylic oxidation sites excluding steroid dienone is 1. The van der Waals surface area contributed by atoms with Gasteiger partial charge in [0, 0.05) is 37.9 Å². The highest BCUT2D eigenvalue weighted by atomic mass is 16.1. The Balaban J connectivity index is 0.000000691. The number of aryl methyl sites for hydroxylation is 1. The van der Waals surface area contributed by atoms with Crippen LogP contribution in [0, 0.1) is 13.8 Å². The van der Waals surface area contributed by atoms with Gasteiger partial charge in [0.1, 0.15) is 0 Å². The summed E-state index contributed by atoms with van der Waals surface area (Å²) in [4.78, 5) is 28.6. The van der Waals surface area contributed by atoms with E-state index in [9.17, 15) is 4.79 Å². The van der Waals surface area contributed by atoms with E-state index in [2.05, 4.69) is 98.6 Å². The molecule has 3 aromatic rings. The lowest BCUT2D eigenvalue weighted by Crippen LogP contribution is -2.23. The standard InChI is InChI=1S/C32H37N3O.C5H12.C2H5NO/c1-5-28(30-15-18-33-31(24(30)3)14-11-25-16-19-35(4)20-17-25)29-13-12-27(21-23(29)2)34-32(36)22-26-9-7-6-8-10-26;1-3-5-4-2;1-3-2-4/h6-16,18,21,28H,5,17,19-20,22H2,1-4H3,(H,34,36);3-5H2,1-2H3;2H,1H3,(H,3,4)/b14-11+;;. The van der Waals surface area contributed by atoms with Crippen LogP contribution in [-0.2, 0) is 16.0 Å². The number of likely N-dealkylation sites (N-methyl/N-ethyl adjacent to an activating group) is 1. The van der Waals surface area contributed by atoms with Crippen molar-refractivity contribution in [1.29, 1.82) is 0 Å². The predicted molar refractivity (Wildman–Crippen MR) is 191 cm³/mol. The number of amides is 2. The Morgan fingerprint density at radius 1 is 1.00 bits per heavy atom. The zero-order valence-corrected chi connectivity index (χ0v) is 28.5. The largest absolute Gasteiger partial charge is 0.362 e. The molecule has 1 atom stereocenters. The van der Waals surface area contributed by atoms with Gasteiger partial charge < -0.3 is 15.5 Å². The van der Waals surface area contributed by atoms with Crippen molar-refractivity contribution in [3.05, 3.63) is 112 Å². The summed E-state index contributed by atoms with van der Waals surface area (Å²) in [6.07, 6.45) is 15.8. The molecule has 1 aliphatic rings. The van der Waals surface area contributed by atoms with Crippen LogP contribution in [0.15, 0.2) is 78.5 Å². The number of unbranched alkanes of at least 4 members (excludes halogenated alkanes) is 2. The second-order valence-electron chi connectivity index (χ2n) is 11.5. The summed E-state index contributed by atoms with van der Waals surface area (Å²) < 4.78 is 0. The Morgan fingerprint density at radius 2 is 1.71 bits per heavy atom. The molecule has 2 aromatic carbocycles. The van der Waals surface area contributed by atoms with Crippen LogP contribution in [-0.4, -0.2) is 49.4 Å². The molecule has 1 aliphatic heterocycles. The molecule has 4 rings (SSSR count). The smallest absolute Gasteiger partial charge is 0.228 e. The molecule has 1 aromatic heterocycles. The van der Waals surface area contributed by atoms with E-state index in [1.165, 1.54) is 47.1 Å². The molecule has 0 radical (unpaired) electrons. The van der Waals surface area contributed by atoms with Gasteiger partial charge in [-0.1, -0.05) is 88.6 Å². The van der Waals surface area contributed by atoms with Crippen molar-refractivity contribution in [2.75, 3.05) is 32.5 Å². The number of hydrogen-bond acceptors (Lipinski definition) is 4. The minimum atomic E-state index is 0.00141. The Hall–Kier alpha value is -4.03. The number of benzene rings is 2. The number of nitrogens with zero attached hydrogens (tertiary/aromatic N) is 2. The average Bonchev–Trinajstić information content (AvgIpc) is 3.04. The Morgan fingerprint density at radius 3 is 2.27 bits per heavy atom. The molecule has 0 fully saturated rings. The molecule has 2 N–H and O–H groups in total. The summed E-state index contributed by atoms with van der Waals surface area (Å²) in [5.74, 6) is 0.276. The molecule has 0 spiro atoms. The number of carbonyl (C=O) groups excluding carboxylic acids is 2. The minimum Gasteiger partial charge on any atom is -0.362 e. The molecule has 0 aliphatic carbocycles. The van der Waals surface area contributed by atoms with Crippen molar-refractivity contribution in [2.45, 2.75) is 79.1 Å². The van der Waals surface area contributed by atoms with E-state index < -0.39 is 0 Å². The molecule has 2 heterocycles. The zero-order valence-electron chi connectivity index (χ0n) is 28.5. The molecule has 242 valence electrons. The van der Waals surface area contributed by atoms with Crippen LogP contribution in [0.2, 0.25) is 0 Å². The second kappa shape index (κ2) is 20.8. The molecule has 0 saturated carbocycles. The van der Waals surface area contributed by atoms with Crippen molar-refractivity contribution >= 4 is 24.1 Å². The third kappa shape index (κ3) is 12.8. The molecule has 0 bridgehead atoms. The lowest BCUT2D eigenvalue weighted by atomic mass is 9.84. The van der Waals surface area contributed by atoms with Gasteiger partial charge in [0.2, 0.25) is 12.3 Å². The monoisotopic (exact) mass is 610 g/mol. The van der Waals surface area contributed by atoms with Gasteiger partial charge in [0.25, 0.3) is 0 Å². The molecular formula is C39H54N4O2. The first kappa shape index (κ1) is 37.2. The summed E-state index contributed by atoms with van der Waals surface area (Å²) in [5.41, 5.74) is 9.29. The first-order valence-corrected chi connectivity index (χ1v) is 16.3. The lowest BCUT2D eigenvalue weighted by Gasteiger charge is -2.22. The van der Waals surface area contributed by atoms with Gasteiger partial charge in [-0.25, -0.2) is 0 Å². The highest BCUT2D eigenvalue weighted by molar-refractivity contribution is 5.92. The predicted octanol–water partition coefficient (Wildman–Crippen LogP) is 8.26. The first-order chi connectivity index (χ1) is 21.8. The third-order valence-electron chi connectivity index (χ3n) is 7.93. The summed E-state index contributed by atoms with van der Waals surface area (Å²) >= 11 is 0. The van der Waals surface area contributed by atoms with Crippen LogP contribution in [0.1, 0.15) is 92.3 Å². The van der Waals surface area contributed by atoms with Crippen LogP contribution in [0.5, 0.6) is 0 Å². The quantitative estimate of drug-likeness (QED) is 0.214. The van der Waals surface area contributed by atoms with Crippen molar-refractivity contribution in [1.82, 2.24) is 15.2 Å². The topological polar surface area (TPSA) is 74.3 Å². The lowest BCUT2D eigenvalue weighted by molar-refractivity contribution is -0.115. The number of anilines is 1. The zero-order chi connectivity index (χ0) is 33.0. The Kier molecular flexibility index (Phi) is 17.2. The van der Waals surface area contributed by atoms with Gasteiger partial charge in [-0.2, -0.15) is 0 Å². The normalized spacial score (nSPS) is 13.4. The highest BCUT2D eigenvalue weighted by Gasteiger charge is 2.18. The summed E-state index contributed by atoms with van der Waals surface area (Å²) in [5, 5.41) is 5.31. The minimum absolute atomic E-state index is 0.00141. The number of carbonyl (C=O) groups is 2. The van der Waals surface area contributed by atoms with Crippen molar-refractivity contribution in [3.63, 3.8) is 0 Å². The first-order valence-electron chi connectivity index (χ1n) is 16.3. The van der Waals surface area contributed by atoms with Crippen LogP contribution >= 0.6 is 0 Å². The fourth-order valence-corrected chi connectivity index (χ4v) is 5.33. The summed E-state index contributed by atoms with van der Waals surface area (Å²) in [6.45, 7) is 13.1. The number of pyridine rings is 1. The fraction of sp³-hybridized carbons (Fsp3) is 0.410. The molecule has 0 saturated heterocycles. The molecular weight excluding hydrogens is 556 g/mol. The van der Waals surface area contributed by atoms with Crippen LogP contribution < -0.4 is 10.6 Å². The average molecular weight is 611 g/mol. The van der Waals surface area contributed by atoms with Crippen molar-refractivity contribution < 1.29 is 9.59 Å². The van der Waals surface area contributed by atoms with E-state index in [1.807, 2.05) is 42.6 Å². The van der Waals surface area contributed by atoms with Crippen molar-refractivity contribution in [3.8, 4) is 0 Å².